The van der Waals surface area contributed by atoms with Crippen molar-refractivity contribution in [2.75, 3.05) is 13.7 Å². The van der Waals surface area contributed by atoms with Crippen LogP contribution in [0.2, 0.25) is 0 Å². The van der Waals surface area contributed by atoms with Gasteiger partial charge in [0, 0.05) is 13.7 Å². The van der Waals surface area contributed by atoms with Crippen molar-refractivity contribution in [3.8, 4) is 0 Å². The van der Waals surface area contributed by atoms with Crippen LogP contribution in [0.25, 0.3) is 0 Å². The predicted molar refractivity (Wildman–Crippen MR) is 35.4 cm³/mol. The van der Waals surface area contributed by atoms with Crippen molar-refractivity contribution in [3.63, 3.8) is 0 Å². The Labute approximate surface area is 56.2 Å². The maximum atomic E-state index is 5.36. The van der Waals surface area contributed by atoms with Crippen LogP contribution < -0.4 is 0 Å². The minimum Gasteiger partial charge on any atom is -0.379 e. The van der Waals surface area contributed by atoms with Crippen LogP contribution >= 0.6 is 0 Å². The first-order chi connectivity index (χ1) is 4.34. The highest BCUT2D eigenvalue weighted by atomic mass is 16.5. The van der Waals surface area contributed by atoms with Gasteiger partial charge in [-0.1, -0.05) is 0 Å². The molecule has 1 fully saturated rings. The Morgan fingerprint density at radius 3 is 2.78 bits per heavy atom. The highest BCUT2D eigenvalue weighted by molar-refractivity contribution is 4.69. The Morgan fingerprint density at radius 1 is 1.56 bits per heavy atom. The van der Waals surface area contributed by atoms with Gasteiger partial charge < -0.3 is 9.47 Å². The standard InChI is InChI=1S/C7H14O2/c1-6-7(8-2)4-3-5-9-6/h6-7H,3-5H2,1-2H3/t6-,7+/m0/s1. The average Bonchev–Trinajstić information content (AvgIpc) is 1.89. The van der Waals surface area contributed by atoms with E-state index >= 15 is 0 Å². The molecule has 0 bridgehead atoms. The first kappa shape index (κ1) is 7.03. The second-order valence-corrected chi connectivity index (χ2v) is 2.49. The first-order valence-electron chi connectivity index (χ1n) is 3.49. The Hall–Kier alpha value is -0.0800. The third-order valence-corrected chi connectivity index (χ3v) is 1.84. The summed E-state index contributed by atoms with van der Waals surface area (Å²) in [6.45, 7) is 2.97. The Bertz CT molecular complexity index is 83.0. The summed E-state index contributed by atoms with van der Waals surface area (Å²) in [5, 5.41) is 0. The lowest BCUT2D eigenvalue weighted by atomic mass is 10.1. The van der Waals surface area contributed by atoms with E-state index in [9.17, 15) is 0 Å². The quantitative estimate of drug-likeness (QED) is 0.531. The van der Waals surface area contributed by atoms with Gasteiger partial charge >= 0.3 is 0 Å². The molecule has 0 aromatic carbocycles. The monoisotopic (exact) mass is 130 g/mol. The smallest absolute Gasteiger partial charge is 0.0831 e. The van der Waals surface area contributed by atoms with E-state index in [0.29, 0.717) is 12.2 Å². The fourth-order valence-electron chi connectivity index (χ4n) is 1.21. The summed E-state index contributed by atoms with van der Waals surface area (Å²) >= 11 is 0. The third kappa shape index (κ3) is 1.66. The molecule has 0 radical (unpaired) electrons. The van der Waals surface area contributed by atoms with Crippen molar-refractivity contribution in [1.29, 1.82) is 0 Å². The molecule has 1 aliphatic heterocycles. The second kappa shape index (κ2) is 3.18. The Kier molecular flexibility index (Phi) is 2.49. The zero-order chi connectivity index (χ0) is 6.69. The lowest BCUT2D eigenvalue weighted by Gasteiger charge is -2.27. The molecule has 1 heterocycles. The fraction of sp³-hybridized carbons (Fsp3) is 1.00. The molecule has 0 unspecified atom stereocenters. The van der Waals surface area contributed by atoms with Crippen LogP contribution in [-0.4, -0.2) is 25.9 Å². The summed E-state index contributed by atoms with van der Waals surface area (Å²) in [4.78, 5) is 0. The third-order valence-electron chi connectivity index (χ3n) is 1.84. The minimum atomic E-state index is 0.295. The van der Waals surface area contributed by atoms with E-state index in [1.807, 2.05) is 0 Å². The van der Waals surface area contributed by atoms with E-state index in [-0.39, 0.29) is 0 Å². The molecule has 2 atom stereocenters. The molecule has 0 aromatic heterocycles. The van der Waals surface area contributed by atoms with Crippen molar-refractivity contribution in [3.05, 3.63) is 0 Å². The van der Waals surface area contributed by atoms with Crippen molar-refractivity contribution >= 4 is 0 Å². The van der Waals surface area contributed by atoms with Crippen LogP contribution in [0.4, 0.5) is 0 Å². The van der Waals surface area contributed by atoms with Crippen LogP contribution in [0.5, 0.6) is 0 Å². The normalized spacial score (nSPS) is 36.7. The minimum absolute atomic E-state index is 0.295. The number of hydrogen-bond donors (Lipinski definition) is 0. The van der Waals surface area contributed by atoms with Crippen LogP contribution in [-0.2, 0) is 9.47 Å². The van der Waals surface area contributed by atoms with Gasteiger partial charge in [0.05, 0.1) is 12.2 Å². The molecular weight excluding hydrogens is 116 g/mol. The molecule has 1 rings (SSSR count). The van der Waals surface area contributed by atoms with E-state index in [4.69, 9.17) is 9.47 Å². The molecule has 1 saturated heterocycles. The van der Waals surface area contributed by atoms with Crippen molar-refractivity contribution in [1.82, 2.24) is 0 Å². The molecule has 0 aliphatic carbocycles. The van der Waals surface area contributed by atoms with E-state index in [0.717, 1.165) is 19.4 Å². The predicted octanol–water partition coefficient (Wildman–Crippen LogP) is 1.20. The molecule has 0 aromatic rings. The van der Waals surface area contributed by atoms with Gasteiger partial charge in [-0.25, -0.2) is 0 Å². The molecule has 2 nitrogen and oxygen atoms in total. The van der Waals surface area contributed by atoms with Crippen molar-refractivity contribution < 1.29 is 9.47 Å². The van der Waals surface area contributed by atoms with Crippen LogP contribution in [0.3, 0.4) is 0 Å². The summed E-state index contributed by atoms with van der Waals surface area (Å²) in [5.74, 6) is 0. The molecule has 54 valence electrons. The SMILES string of the molecule is CO[C@@H]1CCCO[C@H]1C. The molecule has 1 aliphatic rings. The van der Waals surface area contributed by atoms with Crippen LogP contribution in [0.1, 0.15) is 19.8 Å². The zero-order valence-corrected chi connectivity index (χ0v) is 6.09. The largest absolute Gasteiger partial charge is 0.379 e. The summed E-state index contributed by atoms with van der Waals surface area (Å²) in [5.41, 5.74) is 0. The van der Waals surface area contributed by atoms with Crippen LogP contribution in [0, 0.1) is 0 Å². The van der Waals surface area contributed by atoms with E-state index in [1.165, 1.54) is 0 Å². The zero-order valence-electron chi connectivity index (χ0n) is 6.09. The highest BCUT2D eigenvalue weighted by Gasteiger charge is 2.20. The van der Waals surface area contributed by atoms with Gasteiger partial charge in [-0.3, -0.25) is 0 Å². The maximum Gasteiger partial charge on any atom is 0.0831 e. The molecule has 0 spiro atoms. The number of methoxy groups -OCH3 is 1. The topological polar surface area (TPSA) is 18.5 Å². The number of rotatable bonds is 1. The van der Waals surface area contributed by atoms with Gasteiger partial charge in [-0.05, 0) is 19.8 Å². The van der Waals surface area contributed by atoms with Gasteiger partial charge in [0.25, 0.3) is 0 Å². The molecule has 0 N–H and O–H groups in total. The first-order valence-corrected chi connectivity index (χ1v) is 3.49. The molecule has 0 amide bonds. The summed E-state index contributed by atoms with van der Waals surface area (Å²) in [6.07, 6.45) is 2.92. The van der Waals surface area contributed by atoms with Gasteiger partial charge in [-0.2, -0.15) is 0 Å². The number of ether oxygens (including phenoxy) is 2. The second-order valence-electron chi connectivity index (χ2n) is 2.49. The summed E-state index contributed by atoms with van der Waals surface area (Å²) in [7, 11) is 1.75. The van der Waals surface area contributed by atoms with E-state index < -0.39 is 0 Å². The van der Waals surface area contributed by atoms with Crippen LogP contribution in [0.15, 0.2) is 0 Å². The van der Waals surface area contributed by atoms with Crippen molar-refractivity contribution in [2.24, 2.45) is 0 Å². The van der Waals surface area contributed by atoms with Gasteiger partial charge in [0.2, 0.25) is 0 Å². The van der Waals surface area contributed by atoms with E-state index in [1.54, 1.807) is 7.11 Å². The molecular formula is C7H14O2. The molecule has 9 heavy (non-hydrogen) atoms. The fourth-order valence-corrected chi connectivity index (χ4v) is 1.21. The lowest BCUT2D eigenvalue weighted by molar-refractivity contribution is -0.0812. The molecule has 0 saturated carbocycles. The summed E-state index contributed by atoms with van der Waals surface area (Å²) < 4.78 is 10.5. The Morgan fingerprint density at radius 2 is 2.33 bits per heavy atom. The number of hydrogen-bond acceptors (Lipinski definition) is 2. The van der Waals surface area contributed by atoms with Gasteiger partial charge in [-0.15, -0.1) is 0 Å². The molecule has 2 heteroatoms. The lowest BCUT2D eigenvalue weighted by Crippen LogP contribution is -2.32. The van der Waals surface area contributed by atoms with Gasteiger partial charge in [0.15, 0.2) is 0 Å². The summed E-state index contributed by atoms with van der Waals surface area (Å²) in [6, 6.07) is 0. The maximum absolute atomic E-state index is 5.36. The Balaban J connectivity index is 2.30. The van der Waals surface area contributed by atoms with E-state index in [2.05, 4.69) is 6.92 Å². The van der Waals surface area contributed by atoms with Gasteiger partial charge in [0.1, 0.15) is 0 Å². The average molecular weight is 130 g/mol. The van der Waals surface area contributed by atoms with Crippen molar-refractivity contribution in [2.45, 2.75) is 32.0 Å². The highest BCUT2D eigenvalue weighted by Crippen LogP contribution is 2.15.